The molecule has 4 nitrogen and oxygen atoms in total. The van der Waals surface area contributed by atoms with Crippen LogP contribution in [-0.2, 0) is 9.78 Å². The molecular formula is C12H12Cl2N2O2. The molecule has 1 aliphatic heterocycles. The van der Waals surface area contributed by atoms with Crippen molar-refractivity contribution in [1.29, 1.82) is 0 Å². The van der Waals surface area contributed by atoms with Crippen molar-refractivity contribution in [3.05, 3.63) is 41.8 Å². The van der Waals surface area contributed by atoms with Gasteiger partial charge in [-0.05, 0) is 11.6 Å². The summed E-state index contributed by atoms with van der Waals surface area (Å²) in [6.45, 7) is 1.56. The fourth-order valence-electron chi connectivity index (χ4n) is 1.38. The van der Waals surface area contributed by atoms with Gasteiger partial charge < -0.3 is 0 Å². The first kappa shape index (κ1) is 13.4. The maximum atomic E-state index is 5.70. The largest absolute Gasteiger partial charge is 0.237 e. The van der Waals surface area contributed by atoms with Crippen LogP contribution in [0.1, 0.15) is 6.42 Å². The highest BCUT2D eigenvalue weighted by atomic mass is 35.5. The van der Waals surface area contributed by atoms with E-state index in [0.29, 0.717) is 0 Å². The van der Waals surface area contributed by atoms with Crippen LogP contribution in [0.3, 0.4) is 0 Å². The number of nitrogens with zero attached hydrogens (tertiary/aromatic N) is 2. The zero-order chi connectivity index (χ0) is 12.8. The third-order valence-electron chi connectivity index (χ3n) is 2.23. The molecule has 0 unspecified atom stereocenters. The lowest BCUT2D eigenvalue weighted by molar-refractivity contribution is -0.248. The monoisotopic (exact) mass is 286 g/mol. The molecule has 1 saturated heterocycles. The number of hydrogen-bond acceptors (Lipinski definition) is 3. The van der Waals surface area contributed by atoms with Crippen LogP contribution in [0.2, 0.25) is 5.28 Å². The summed E-state index contributed by atoms with van der Waals surface area (Å²) in [5.74, 6) is 0. The Labute approximate surface area is 115 Å². The van der Waals surface area contributed by atoms with E-state index in [1.807, 2.05) is 30.3 Å². The standard InChI is InChI=1S/C9H6Cl2N2.C3H6O2/c10-9-12-8(6-13(9)11)7-4-2-1-3-5-7;1-2-4-5-3-1/h1-6H;1-3H2. The fourth-order valence-corrected chi connectivity index (χ4v) is 1.65. The lowest BCUT2D eigenvalue weighted by Gasteiger charge is -1.92. The first-order chi connectivity index (χ1) is 8.77. The van der Waals surface area contributed by atoms with Crippen molar-refractivity contribution in [3.63, 3.8) is 0 Å². The van der Waals surface area contributed by atoms with Gasteiger partial charge >= 0.3 is 0 Å². The minimum Gasteiger partial charge on any atom is -0.237 e. The summed E-state index contributed by atoms with van der Waals surface area (Å²) in [7, 11) is 0. The minimum atomic E-state index is 0.278. The molecule has 3 rings (SSSR count). The van der Waals surface area contributed by atoms with Crippen molar-refractivity contribution in [2.75, 3.05) is 13.2 Å². The van der Waals surface area contributed by atoms with Gasteiger partial charge in [0.2, 0.25) is 5.28 Å². The summed E-state index contributed by atoms with van der Waals surface area (Å²) < 4.78 is 1.27. The van der Waals surface area contributed by atoms with E-state index in [0.717, 1.165) is 30.9 Å². The molecule has 0 saturated carbocycles. The molecule has 0 aliphatic carbocycles. The highest BCUT2D eigenvalue weighted by Gasteiger charge is 2.04. The van der Waals surface area contributed by atoms with E-state index in [-0.39, 0.29) is 5.28 Å². The van der Waals surface area contributed by atoms with Gasteiger partial charge in [0, 0.05) is 23.8 Å². The molecule has 1 aliphatic rings. The van der Waals surface area contributed by atoms with Gasteiger partial charge in [-0.1, -0.05) is 30.3 Å². The predicted molar refractivity (Wildman–Crippen MR) is 70.4 cm³/mol. The topological polar surface area (TPSA) is 36.3 Å². The van der Waals surface area contributed by atoms with Crippen LogP contribution in [0.15, 0.2) is 36.5 Å². The Bertz CT molecular complexity index is 457. The number of aromatic nitrogens is 2. The average Bonchev–Trinajstić information content (AvgIpc) is 3.05. The van der Waals surface area contributed by atoms with Crippen molar-refractivity contribution < 1.29 is 9.78 Å². The fraction of sp³-hybridized carbons (Fsp3) is 0.250. The average molecular weight is 287 g/mol. The van der Waals surface area contributed by atoms with Crippen molar-refractivity contribution in [2.45, 2.75) is 6.42 Å². The maximum absolute atomic E-state index is 5.70. The first-order valence-electron chi connectivity index (χ1n) is 5.48. The quantitative estimate of drug-likeness (QED) is 0.753. The van der Waals surface area contributed by atoms with E-state index >= 15 is 0 Å². The van der Waals surface area contributed by atoms with Crippen LogP contribution in [0, 0.1) is 0 Å². The molecule has 1 aromatic carbocycles. The zero-order valence-electron chi connectivity index (χ0n) is 9.55. The van der Waals surface area contributed by atoms with E-state index in [1.165, 1.54) is 4.09 Å². The lowest BCUT2D eigenvalue weighted by Crippen LogP contribution is -1.74. The zero-order valence-corrected chi connectivity index (χ0v) is 11.1. The van der Waals surface area contributed by atoms with Gasteiger partial charge in [0.25, 0.3) is 0 Å². The van der Waals surface area contributed by atoms with E-state index in [1.54, 1.807) is 6.20 Å². The molecule has 0 amide bonds. The Morgan fingerprint density at radius 1 is 1.11 bits per heavy atom. The van der Waals surface area contributed by atoms with Crippen LogP contribution >= 0.6 is 23.4 Å². The third-order valence-corrected chi connectivity index (χ3v) is 2.84. The molecule has 6 heteroatoms. The smallest absolute Gasteiger partial charge is 0.218 e. The summed E-state index contributed by atoms with van der Waals surface area (Å²) >= 11 is 11.4. The predicted octanol–water partition coefficient (Wildman–Crippen LogP) is 3.54. The van der Waals surface area contributed by atoms with Gasteiger partial charge in [-0.3, -0.25) is 0 Å². The second-order valence-electron chi connectivity index (χ2n) is 3.57. The van der Waals surface area contributed by atoms with Crippen LogP contribution < -0.4 is 0 Å². The molecule has 18 heavy (non-hydrogen) atoms. The van der Waals surface area contributed by atoms with Gasteiger partial charge in [-0.25, -0.2) is 18.8 Å². The Kier molecular flexibility index (Phi) is 5.01. The first-order valence-corrected chi connectivity index (χ1v) is 6.20. The molecule has 0 spiro atoms. The SMILES string of the molecule is C1COOC1.Clc1nc(-c2ccccc2)cn1Cl. The van der Waals surface area contributed by atoms with E-state index in [2.05, 4.69) is 14.8 Å². The van der Waals surface area contributed by atoms with Crippen molar-refractivity contribution in [1.82, 2.24) is 9.07 Å². The Morgan fingerprint density at radius 3 is 2.22 bits per heavy atom. The second-order valence-corrected chi connectivity index (χ2v) is 4.27. The van der Waals surface area contributed by atoms with Crippen molar-refractivity contribution in [3.8, 4) is 11.3 Å². The third kappa shape index (κ3) is 3.71. The molecule has 1 aromatic heterocycles. The summed E-state index contributed by atoms with van der Waals surface area (Å²) in [4.78, 5) is 13.0. The molecule has 0 bridgehead atoms. The normalized spacial score (nSPS) is 14.1. The van der Waals surface area contributed by atoms with Crippen molar-refractivity contribution in [2.24, 2.45) is 0 Å². The van der Waals surface area contributed by atoms with Gasteiger partial charge in [-0.15, -0.1) is 0 Å². The van der Waals surface area contributed by atoms with Crippen LogP contribution in [0.4, 0.5) is 0 Å². The maximum Gasteiger partial charge on any atom is 0.218 e. The Hall–Kier alpha value is -1.07. The number of benzene rings is 1. The number of imidazole rings is 1. The number of hydrogen-bond donors (Lipinski definition) is 0. The Balaban J connectivity index is 0.000000202. The summed E-state index contributed by atoms with van der Waals surface area (Å²) in [5.41, 5.74) is 1.78. The lowest BCUT2D eigenvalue weighted by atomic mass is 10.2. The van der Waals surface area contributed by atoms with Crippen LogP contribution in [0.5, 0.6) is 0 Å². The van der Waals surface area contributed by atoms with Gasteiger partial charge in [0.1, 0.15) is 0 Å². The molecule has 0 N–H and O–H groups in total. The highest BCUT2D eigenvalue weighted by molar-refractivity contribution is 6.32. The molecule has 2 heterocycles. The second kappa shape index (κ2) is 6.75. The van der Waals surface area contributed by atoms with E-state index in [4.69, 9.17) is 23.4 Å². The van der Waals surface area contributed by atoms with Crippen molar-refractivity contribution >= 4 is 23.4 Å². The molecule has 96 valence electrons. The molecule has 0 atom stereocenters. The molecule has 0 radical (unpaired) electrons. The summed E-state index contributed by atoms with van der Waals surface area (Å²) in [6, 6.07) is 9.74. The van der Waals surface area contributed by atoms with E-state index < -0.39 is 0 Å². The Morgan fingerprint density at radius 2 is 1.78 bits per heavy atom. The van der Waals surface area contributed by atoms with Crippen LogP contribution in [-0.4, -0.2) is 22.3 Å². The number of halogens is 2. The number of rotatable bonds is 1. The molecule has 2 aromatic rings. The molecular weight excluding hydrogens is 275 g/mol. The van der Waals surface area contributed by atoms with Crippen LogP contribution in [0.25, 0.3) is 11.3 Å². The van der Waals surface area contributed by atoms with Gasteiger partial charge in [0.15, 0.2) is 0 Å². The minimum absolute atomic E-state index is 0.278. The summed E-state index contributed by atoms with van der Waals surface area (Å²) in [6.07, 6.45) is 2.74. The van der Waals surface area contributed by atoms with Gasteiger partial charge in [-0.2, -0.15) is 0 Å². The highest BCUT2D eigenvalue weighted by Crippen LogP contribution is 2.20. The molecule has 1 fully saturated rings. The summed E-state index contributed by atoms with van der Waals surface area (Å²) in [5, 5.41) is 0.278. The van der Waals surface area contributed by atoms with E-state index in [9.17, 15) is 0 Å². The van der Waals surface area contributed by atoms with Gasteiger partial charge in [0.05, 0.1) is 25.1 Å².